The molecule has 1 amide bonds. The molecule has 31 heavy (non-hydrogen) atoms. The summed E-state index contributed by atoms with van der Waals surface area (Å²) < 4.78 is 19.1. The largest absolute Gasteiger partial charge is 0.457 e. The third-order valence-electron chi connectivity index (χ3n) is 6.29. The predicted octanol–water partition coefficient (Wildman–Crippen LogP) is 3.57. The number of hydrogen-bond donors (Lipinski definition) is 1. The molecule has 2 heterocycles. The number of carbonyl (C=O) groups is 2. The van der Waals surface area contributed by atoms with E-state index in [-0.39, 0.29) is 23.5 Å². The average molecular weight is 421 g/mol. The van der Waals surface area contributed by atoms with Crippen LogP contribution < -0.4 is 5.32 Å². The number of amides is 1. The van der Waals surface area contributed by atoms with Crippen LogP contribution in [-0.2, 0) is 22.6 Å². The lowest BCUT2D eigenvalue weighted by molar-refractivity contribution is -0.121. The maximum atomic E-state index is 13.9. The summed E-state index contributed by atoms with van der Waals surface area (Å²) in [5, 5.41) is 11.6. The Hall–Kier alpha value is -3.24. The summed E-state index contributed by atoms with van der Waals surface area (Å²) in [5.41, 5.74) is 4.37. The standard InChI is InChI=1S/C24H24FN3O3/c1-15-17(3-4-19-20(15)14-31-24(19)30)6-9-28-10-7-18(8-11-28)23(29)27-22-12-16(13-26)2-5-21(22)25/h2-5,12,18H,6-11,14H2,1H3,(H,27,29). The van der Waals surface area contributed by atoms with Crippen molar-refractivity contribution in [3.63, 3.8) is 0 Å². The first-order chi connectivity index (χ1) is 15.0. The Morgan fingerprint density at radius 2 is 2.06 bits per heavy atom. The maximum absolute atomic E-state index is 13.9. The molecule has 6 nitrogen and oxygen atoms in total. The van der Waals surface area contributed by atoms with Gasteiger partial charge in [-0.25, -0.2) is 9.18 Å². The van der Waals surface area contributed by atoms with E-state index in [1.807, 2.05) is 25.1 Å². The molecule has 160 valence electrons. The highest BCUT2D eigenvalue weighted by Crippen LogP contribution is 2.27. The number of anilines is 1. The molecule has 1 saturated heterocycles. The minimum Gasteiger partial charge on any atom is -0.457 e. The van der Waals surface area contributed by atoms with Crippen LogP contribution in [0.3, 0.4) is 0 Å². The van der Waals surface area contributed by atoms with Gasteiger partial charge in [-0.2, -0.15) is 5.26 Å². The van der Waals surface area contributed by atoms with Crippen molar-refractivity contribution in [2.45, 2.75) is 32.8 Å². The van der Waals surface area contributed by atoms with Gasteiger partial charge in [-0.15, -0.1) is 0 Å². The molecule has 1 N–H and O–H groups in total. The molecule has 0 unspecified atom stereocenters. The van der Waals surface area contributed by atoms with Crippen LogP contribution in [0.2, 0.25) is 0 Å². The van der Waals surface area contributed by atoms with Crippen molar-refractivity contribution in [2.75, 3.05) is 25.0 Å². The number of likely N-dealkylation sites (tertiary alicyclic amines) is 1. The second kappa shape index (κ2) is 8.86. The molecule has 0 atom stereocenters. The Morgan fingerprint density at radius 3 is 2.81 bits per heavy atom. The molecular weight excluding hydrogens is 397 g/mol. The molecule has 1 fully saturated rings. The second-order valence-electron chi connectivity index (χ2n) is 8.11. The van der Waals surface area contributed by atoms with Gasteiger partial charge in [0, 0.05) is 18.0 Å². The van der Waals surface area contributed by atoms with E-state index < -0.39 is 5.82 Å². The molecule has 2 aromatic carbocycles. The molecule has 4 rings (SSSR count). The van der Waals surface area contributed by atoms with E-state index in [2.05, 4.69) is 10.2 Å². The number of cyclic esters (lactones) is 1. The fourth-order valence-corrected chi connectivity index (χ4v) is 4.29. The smallest absolute Gasteiger partial charge is 0.338 e. The fourth-order valence-electron chi connectivity index (χ4n) is 4.29. The number of piperidine rings is 1. The topological polar surface area (TPSA) is 82.4 Å². The van der Waals surface area contributed by atoms with E-state index in [1.165, 1.54) is 23.8 Å². The first-order valence-electron chi connectivity index (χ1n) is 10.5. The van der Waals surface area contributed by atoms with Gasteiger partial charge in [0.05, 0.1) is 22.9 Å². The lowest BCUT2D eigenvalue weighted by Crippen LogP contribution is -2.39. The first-order valence-corrected chi connectivity index (χ1v) is 10.5. The molecule has 0 radical (unpaired) electrons. The number of benzene rings is 2. The van der Waals surface area contributed by atoms with Crippen LogP contribution in [-0.4, -0.2) is 36.4 Å². The van der Waals surface area contributed by atoms with Gasteiger partial charge in [0.15, 0.2) is 0 Å². The maximum Gasteiger partial charge on any atom is 0.338 e. The van der Waals surface area contributed by atoms with E-state index in [0.717, 1.165) is 37.2 Å². The van der Waals surface area contributed by atoms with Gasteiger partial charge in [0.25, 0.3) is 0 Å². The Morgan fingerprint density at radius 1 is 1.29 bits per heavy atom. The molecular formula is C24H24FN3O3. The van der Waals surface area contributed by atoms with Crippen LogP contribution in [0.4, 0.5) is 10.1 Å². The van der Waals surface area contributed by atoms with Crippen molar-refractivity contribution >= 4 is 17.6 Å². The molecule has 2 aliphatic rings. The molecule has 7 heteroatoms. The van der Waals surface area contributed by atoms with Crippen molar-refractivity contribution in [3.05, 3.63) is 64.0 Å². The molecule has 2 aliphatic heterocycles. The molecule has 0 aromatic heterocycles. The zero-order chi connectivity index (χ0) is 22.0. The fraction of sp³-hybridized carbons (Fsp3) is 0.375. The number of carbonyl (C=O) groups excluding carboxylic acids is 2. The summed E-state index contributed by atoms with van der Waals surface area (Å²) in [4.78, 5) is 26.6. The Labute approximate surface area is 180 Å². The SMILES string of the molecule is Cc1c(CCN2CCC(C(=O)Nc3cc(C#N)ccc3F)CC2)ccc2c1COC2=O. The van der Waals surface area contributed by atoms with Gasteiger partial charge in [0.1, 0.15) is 12.4 Å². The van der Waals surface area contributed by atoms with Crippen molar-refractivity contribution in [1.29, 1.82) is 5.26 Å². The number of fused-ring (bicyclic) bond motifs is 1. The lowest BCUT2D eigenvalue weighted by Gasteiger charge is -2.31. The van der Waals surface area contributed by atoms with E-state index in [9.17, 15) is 14.0 Å². The Bertz CT molecular complexity index is 1070. The highest BCUT2D eigenvalue weighted by molar-refractivity contribution is 5.94. The van der Waals surface area contributed by atoms with Crippen LogP contribution in [0, 0.1) is 30.0 Å². The monoisotopic (exact) mass is 421 g/mol. The van der Waals surface area contributed by atoms with Crippen molar-refractivity contribution in [1.82, 2.24) is 4.90 Å². The van der Waals surface area contributed by atoms with Gasteiger partial charge < -0.3 is 15.0 Å². The quantitative estimate of drug-likeness (QED) is 0.747. The minimum atomic E-state index is -0.540. The minimum absolute atomic E-state index is 0.0565. The van der Waals surface area contributed by atoms with E-state index in [1.54, 1.807) is 0 Å². The van der Waals surface area contributed by atoms with E-state index >= 15 is 0 Å². The highest BCUT2D eigenvalue weighted by Gasteiger charge is 2.27. The van der Waals surface area contributed by atoms with Gasteiger partial charge in [-0.3, -0.25) is 4.79 Å². The van der Waals surface area contributed by atoms with Gasteiger partial charge in [-0.05, 0) is 74.7 Å². The Balaban J connectivity index is 1.29. The van der Waals surface area contributed by atoms with Crippen LogP contribution >= 0.6 is 0 Å². The number of hydrogen-bond acceptors (Lipinski definition) is 5. The third-order valence-corrected chi connectivity index (χ3v) is 6.29. The zero-order valence-corrected chi connectivity index (χ0v) is 17.4. The second-order valence-corrected chi connectivity index (χ2v) is 8.11. The molecule has 2 aromatic rings. The number of nitrogens with one attached hydrogen (secondary N) is 1. The summed E-state index contributed by atoms with van der Waals surface area (Å²) in [5.74, 6) is -1.16. The van der Waals surface area contributed by atoms with E-state index in [0.29, 0.717) is 30.6 Å². The number of nitriles is 1. The van der Waals surface area contributed by atoms with Crippen LogP contribution in [0.25, 0.3) is 0 Å². The average Bonchev–Trinajstić information content (AvgIpc) is 3.16. The predicted molar refractivity (Wildman–Crippen MR) is 113 cm³/mol. The highest BCUT2D eigenvalue weighted by atomic mass is 19.1. The summed E-state index contributed by atoms with van der Waals surface area (Å²) in [6.45, 7) is 4.86. The Kier molecular flexibility index (Phi) is 6.01. The number of esters is 1. The molecule has 0 saturated carbocycles. The number of halogens is 1. The number of nitrogens with zero attached hydrogens (tertiary/aromatic N) is 2. The summed E-state index contributed by atoms with van der Waals surface area (Å²) in [6, 6.07) is 9.75. The number of rotatable bonds is 5. The normalized spacial score (nSPS) is 16.5. The lowest BCUT2D eigenvalue weighted by atomic mass is 9.94. The summed E-state index contributed by atoms with van der Waals surface area (Å²) in [6.07, 6.45) is 2.28. The van der Waals surface area contributed by atoms with Crippen molar-refractivity contribution in [3.8, 4) is 6.07 Å². The van der Waals surface area contributed by atoms with Gasteiger partial charge in [0.2, 0.25) is 5.91 Å². The number of ether oxygens (including phenoxy) is 1. The van der Waals surface area contributed by atoms with Crippen molar-refractivity contribution in [2.24, 2.45) is 5.92 Å². The van der Waals surface area contributed by atoms with Gasteiger partial charge in [-0.1, -0.05) is 6.07 Å². The van der Waals surface area contributed by atoms with Crippen LogP contribution in [0.1, 0.15) is 45.5 Å². The zero-order valence-electron chi connectivity index (χ0n) is 17.4. The molecule has 0 aliphatic carbocycles. The van der Waals surface area contributed by atoms with E-state index in [4.69, 9.17) is 10.00 Å². The van der Waals surface area contributed by atoms with Gasteiger partial charge >= 0.3 is 5.97 Å². The first kappa shape index (κ1) is 21.0. The summed E-state index contributed by atoms with van der Waals surface area (Å²) >= 11 is 0. The molecule has 0 spiro atoms. The summed E-state index contributed by atoms with van der Waals surface area (Å²) in [7, 11) is 0. The third kappa shape index (κ3) is 4.44. The van der Waals surface area contributed by atoms with Crippen LogP contribution in [0.5, 0.6) is 0 Å². The molecule has 0 bridgehead atoms. The van der Waals surface area contributed by atoms with Crippen LogP contribution in [0.15, 0.2) is 30.3 Å². The van der Waals surface area contributed by atoms with Crippen molar-refractivity contribution < 1.29 is 18.7 Å².